The molecule has 0 fully saturated rings. The molecule has 0 atom stereocenters. The Hall–Kier alpha value is -0.900. The third-order valence-electron chi connectivity index (χ3n) is 2.10. The number of nitrogens with zero attached hydrogens (tertiary/aromatic N) is 2. The molecule has 1 aromatic heterocycles. The second kappa shape index (κ2) is 5.75. The van der Waals surface area contributed by atoms with Gasteiger partial charge in [0.25, 0.3) is 5.91 Å². The van der Waals surface area contributed by atoms with E-state index in [9.17, 15) is 4.79 Å². The van der Waals surface area contributed by atoms with Crippen molar-refractivity contribution in [3.8, 4) is 0 Å². The Kier molecular flexibility index (Phi) is 4.59. The van der Waals surface area contributed by atoms with E-state index in [1.807, 2.05) is 11.8 Å². The van der Waals surface area contributed by atoms with E-state index in [1.54, 1.807) is 10.9 Å². The summed E-state index contributed by atoms with van der Waals surface area (Å²) in [5, 5.41) is 1.80. The standard InChI is InChI=1S/C10H16N2OS/c1-3-5-6-12(4-2)10(13)9-7-14-8-11-9/h7-8H,3-6H2,1-2H3. The Bertz CT molecular complexity index is 272. The summed E-state index contributed by atoms with van der Waals surface area (Å²) in [6.45, 7) is 5.72. The molecular formula is C10H16N2OS. The molecule has 0 radical (unpaired) electrons. The number of amides is 1. The normalized spacial score (nSPS) is 10.1. The zero-order chi connectivity index (χ0) is 10.4. The Labute approximate surface area is 88.8 Å². The van der Waals surface area contributed by atoms with Crippen molar-refractivity contribution in [2.75, 3.05) is 13.1 Å². The van der Waals surface area contributed by atoms with E-state index in [2.05, 4.69) is 11.9 Å². The molecule has 0 spiro atoms. The average molecular weight is 212 g/mol. The summed E-state index contributed by atoms with van der Waals surface area (Å²) in [4.78, 5) is 17.7. The first-order valence-electron chi connectivity index (χ1n) is 4.97. The van der Waals surface area contributed by atoms with Crippen molar-refractivity contribution in [2.24, 2.45) is 0 Å². The van der Waals surface area contributed by atoms with Crippen LogP contribution in [0.25, 0.3) is 0 Å². The molecular weight excluding hydrogens is 196 g/mol. The summed E-state index contributed by atoms with van der Waals surface area (Å²) in [6.07, 6.45) is 2.17. The van der Waals surface area contributed by atoms with Crippen molar-refractivity contribution in [3.63, 3.8) is 0 Å². The minimum absolute atomic E-state index is 0.0576. The van der Waals surface area contributed by atoms with E-state index in [0.717, 1.165) is 25.9 Å². The topological polar surface area (TPSA) is 33.2 Å². The number of unbranched alkanes of at least 4 members (excludes halogenated alkanes) is 1. The van der Waals surface area contributed by atoms with Gasteiger partial charge in [-0.15, -0.1) is 11.3 Å². The van der Waals surface area contributed by atoms with Gasteiger partial charge in [-0.3, -0.25) is 4.79 Å². The number of hydrogen-bond donors (Lipinski definition) is 0. The van der Waals surface area contributed by atoms with Crippen LogP contribution >= 0.6 is 11.3 Å². The highest BCUT2D eigenvalue weighted by Gasteiger charge is 2.14. The molecule has 1 amide bonds. The zero-order valence-corrected chi connectivity index (χ0v) is 9.51. The van der Waals surface area contributed by atoms with Crippen LogP contribution in [-0.2, 0) is 0 Å². The molecule has 78 valence electrons. The monoisotopic (exact) mass is 212 g/mol. The number of carbonyl (C=O) groups excluding carboxylic acids is 1. The van der Waals surface area contributed by atoms with Gasteiger partial charge in [0.05, 0.1) is 5.51 Å². The third kappa shape index (κ3) is 2.80. The van der Waals surface area contributed by atoms with Gasteiger partial charge in [-0.2, -0.15) is 0 Å². The molecule has 0 bridgehead atoms. The molecule has 4 heteroatoms. The zero-order valence-electron chi connectivity index (χ0n) is 8.69. The van der Waals surface area contributed by atoms with Gasteiger partial charge >= 0.3 is 0 Å². The van der Waals surface area contributed by atoms with Crippen molar-refractivity contribution in [2.45, 2.75) is 26.7 Å². The molecule has 14 heavy (non-hydrogen) atoms. The van der Waals surface area contributed by atoms with E-state index in [4.69, 9.17) is 0 Å². The maximum absolute atomic E-state index is 11.8. The molecule has 0 aliphatic carbocycles. The van der Waals surface area contributed by atoms with Crippen LogP contribution in [0, 0.1) is 0 Å². The smallest absolute Gasteiger partial charge is 0.273 e. The molecule has 0 aliphatic rings. The molecule has 1 heterocycles. The van der Waals surface area contributed by atoms with Gasteiger partial charge in [-0.25, -0.2) is 4.98 Å². The number of thiazole rings is 1. The lowest BCUT2D eigenvalue weighted by Gasteiger charge is -2.19. The van der Waals surface area contributed by atoms with Gasteiger partial charge in [0, 0.05) is 18.5 Å². The summed E-state index contributed by atoms with van der Waals surface area (Å²) in [5.41, 5.74) is 2.27. The highest BCUT2D eigenvalue weighted by molar-refractivity contribution is 7.07. The fourth-order valence-electron chi connectivity index (χ4n) is 1.23. The van der Waals surface area contributed by atoms with E-state index >= 15 is 0 Å². The largest absolute Gasteiger partial charge is 0.338 e. The van der Waals surface area contributed by atoms with E-state index in [0.29, 0.717) is 5.69 Å². The Morgan fingerprint density at radius 1 is 1.57 bits per heavy atom. The van der Waals surface area contributed by atoms with Gasteiger partial charge < -0.3 is 4.90 Å². The van der Waals surface area contributed by atoms with Crippen molar-refractivity contribution in [3.05, 3.63) is 16.6 Å². The van der Waals surface area contributed by atoms with Crippen LogP contribution in [0.3, 0.4) is 0 Å². The lowest BCUT2D eigenvalue weighted by Crippen LogP contribution is -2.31. The van der Waals surface area contributed by atoms with E-state index < -0.39 is 0 Å². The molecule has 0 aromatic carbocycles. The summed E-state index contributed by atoms with van der Waals surface area (Å²) >= 11 is 1.46. The maximum Gasteiger partial charge on any atom is 0.273 e. The third-order valence-corrected chi connectivity index (χ3v) is 2.69. The number of carbonyl (C=O) groups is 1. The highest BCUT2D eigenvalue weighted by Crippen LogP contribution is 2.06. The van der Waals surface area contributed by atoms with Crippen molar-refractivity contribution >= 4 is 17.2 Å². The van der Waals surface area contributed by atoms with E-state index in [1.165, 1.54) is 11.3 Å². The summed E-state index contributed by atoms with van der Waals surface area (Å²) in [6, 6.07) is 0. The van der Waals surface area contributed by atoms with Crippen LogP contribution < -0.4 is 0 Å². The quantitative estimate of drug-likeness (QED) is 0.751. The lowest BCUT2D eigenvalue weighted by molar-refractivity contribution is 0.0757. The first-order valence-corrected chi connectivity index (χ1v) is 5.91. The fourth-order valence-corrected chi connectivity index (χ4v) is 1.76. The van der Waals surface area contributed by atoms with Crippen LogP contribution in [0.1, 0.15) is 37.2 Å². The molecule has 0 saturated carbocycles. The maximum atomic E-state index is 11.8. The second-order valence-corrected chi connectivity index (χ2v) is 3.83. The minimum Gasteiger partial charge on any atom is -0.338 e. The SMILES string of the molecule is CCCCN(CC)C(=O)c1cscn1. The minimum atomic E-state index is 0.0576. The number of rotatable bonds is 5. The molecule has 0 N–H and O–H groups in total. The summed E-state index contributed by atoms with van der Waals surface area (Å²) in [7, 11) is 0. The van der Waals surface area contributed by atoms with Gasteiger partial charge in [0.15, 0.2) is 0 Å². The molecule has 1 aromatic rings. The predicted octanol–water partition coefficient (Wildman–Crippen LogP) is 2.41. The number of aromatic nitrogens is 1. The molecule has 3 nitrogen and oxygen atoms in total. The Balaban J connectivity index is 2.56. The predicted molar refractivity (Wildman–Crippen MR) is 58.6 cm³/mol. The van der Waals surface area contributed by atoms with Gasteiger partial charge in [-0.05, 0) is 13.3 Å². The lowest BCUT2D eigenvalue weighted by atomic mass is 10.3. The summed E-state index contributed by atoms with van der Waals surface area (Å²) in [5.74, 6) is 0.0576. The van der Waals surface area contributed by atoms with Gasteiger partial charge in [0.1, 0.15) is 5.69 Å². The summed E-state index contributed by atoms with van der Waals surface area (Å²) < 4.78 is 0. The molecule has 0 unspecified atom stereocenters. The molecule has 1 rings (SSSR count). The van der Waals surface area contributed by atoms with Gasteiger partial charge in [0.2, 0.25) is 0 Å². The van der Waals surface area contributed by atoms with Crippen molar-refractivity contribution < 1.29 is 4.79 Å². The second-order valence-electron chi connectivity index (χ2n) is 3.11. The average Bonchev–Trinajstić information content (AvgIpc) is 2.71. The Morgan fingerprint density at radius 2 is 2.36 bits per heavy atom. The highest BCUT2D eigenvalue weighted by atomic mass is 32.1. The first-order chi connectivity index (χ1) is 6.79. The first kappa shape index (κ1) is 11.2. The number of hydrogen-bond acceptors (Lipinski definition) is 3. The van der Waals surface area contributed by atoms with Crippen LogP contribution in [0.4, 0.5) is 0 Å². The van der Waals surface area contributed by atoms with Crippen LogP contribution in [-0.4, -0.2) is 28.9 Å². The fraction of sp³-hybridized carbons (Fsp3) is 0.600. The van der Waals surface area contributed by atoms with Crippen LogP contribution in [0.2, 0.25) is 0 Å². The van der Waals surface area contributed by atoms with Crippen LogP contribution in [0.15, 0.2) is 10.9 Å². The van der Waals surface area contributed by atoms with Crippen molar-refractivity contribution in [1.29, 1.82) is 0 Å². The molecule has 0 aliphatic heterocycles. The van der Waals surface area contributed by atoms with Crippen LogP contribution in [0.5, 0.6) is 0 Å². The van der Waals surface area contributed by atoms with Gasteiger partial charge in [-0.1, -0.05) is 13.3 Å². The van der Waals surface area contributed by atoms with E-state index in [-0.39, 0.29) is 5.91 Å². The van der Waals surface area contributed by atoms with Crippen molar-refractivity contribution in [1.82, 2.24) is 9.88 Å². The Morgan fingerprint density at radius 3 is 2.86 bits per heavy atom. The molecule has 0 saturated heterocycles.